The molecule has 0 aliphatic rings. The van der Waals surface area contributed by atoms with Crippen LogP contribution in [0.5, 0.6) is 0 Å². The van der Waals surface area contributed by atoms with Crippen LogP contribution in [-0.4, -0.2) is 12.5 Å². The van der Waals surface area contributed by atoms with Crippen molar-refractivity contribution in [3.8, 4) is 0 Å². The van der Waals surface area contributed by atoms with Gasteiger partial charge in [0.25, 0.3) is 0 Å². The van der Waals surface area contributed by atoms with Gasteiger partial charge in [-0.3, -0.25) is 4.79 Å². The molecule has 0 heterocycles. The molecule has 0 fully saturated rings. The van der Waals surface area contributed by atoms with Gasteiger partial charge >= 0.3 is 0 Å². The lowest BCUT2D eigenvalue weighted by atomic mass is 9.99. The topological polar surface area (TPSA) is 20.3 Å². The van der Waals surface area contributed by atoms with Crippen molar-refractivity contribution in [3.05, 3.63) is 66.2 Å². The molecule has 0 aliphatic heterocycles. The smallest absolute Gasteiger partial charge is 0.234 e. The number of carbonyl (C=O) groups excluding carboxylic acids is 1. The summed E-state index contributed by atoms with van der Waals surface area (Å²) in [5.74, 6) is 0.0151. The average Bonchev–Trinajstić information content (AvgIpc) is 2.49. The second-order valence-electron chi connectivity index (χ2n) is 4.55. The molecule has 2 aromatic carbocycles. The van der Waals surface area contributed by atoms with Gasteiger partial charge in [-0.25, -0.2) is 0 Å². The third-order valence-corrected chi connectivity index (χ3v) is 3.32. The Hall–Kier alpha value is -2.09. The van der Waals surface area contributed by atoms with E-state index in [0.29, 0.717) is 6.54 Å². The van der Waals surface area contributed by atoms with Gasteiger partial charge < -0.3 is 4.90 Å². The number of likely N-dealkylation sites (N-methyl/N-ethyl adjacent to an activating group) is 1. The standard InChI is InChI=1S/C17H19NO/c1-3-18(16-12-8-5-9-13-16)17(19)14(2)15-10-6-4-7-11-15/h4-14H,3H2,1-2H3/t14-/m1/s1. The Balaban J connectivity index is 2.22. The monoisotopic (exact) mass is 253 g/mol. The van der Waals surface area contributed by atoms with Crippen molar-refractivity contribution < 1.29 is 4.79 Å². The highest BCUT2D eigenvalue weighted by Gasteiger charge is 2.21. The van der Waals surface area contributed by atoms with Gasteiger partial charge in [0.15, 0.2) is 0 Å². The number of hydrogen-bond donors (Lipinski definition) is 0. The second-order valence-corrected chi connectivity index (χ2v) is 4.55. The summed E-state index contributed by atoms with van der Waals surface area (Å²) < 4.78 is 0. The first kappa shape index (κ1) is 13.3. The number of anilines is 1. The maximum Gasteiger partial charge on any atom is 0.234 e. The van der Waals surface area contributed by atoms with Crippen LogP contribution in [0, 0.1) is 0 Å². The minimum atomic E-state index is -0.124. The zero-order chi connectivity index (χ0) is 13.7. The molecule has 2 nitrogen and oxygen atoms in total. The van der Waals surface area contributed by atoms with Crippen LogP contribution in [0.4, 0.5) is 5.69 Å². The van der Waals surface area contributed by atoms with Crippen molar-refractivity contribution in [2.24, 2.45) is 0 Å². The first-order chi connectivity index (χ1) is 9.24. The van der Waals surface area contributed by atoms with Crippen LogP contribution in [0.2, 0.25) is 0 Å². The molecule has 0 aromatic heterocycles. The predicted molar refractivity (Wildman–Crippen MR) is 79.3 cm³/mol. The SMILES string of the molecule is CCN(C(=O)[C@H](C)c1ccccc1)c1ccccc1. The Labute approximate surface area is 114 Å². The van der Waals surface area contributed by atoms with E-state index in [2.05, 4.69) is 0 Å². The lowest BCUT2D eigenvalue weighted by Gasteiger charge is -2.24. The van der Waals surface area contributed by atoms with Crippen molar-refractivity contribution in [1.29, 1.82) is 0 Å². The van der Waals surface area contributed by atoms with Crippen molar-refractivity contribution in [3.63, 3.8) is 0 Å². The third-order valence-electron chi connectivity index (χ3n) is 3.32. The molecule has 2 heteroatoms. The van der Waals surface area contributed by atoms with Crippen molar-refractivity contribution in [2.75, 3.05) is 11.4 Å². The second kappa shape index (κ2) is 6.19. The van der Waals surface area contributed by atoms with Crippen LogP contribution >= 0.6 is 0 Å². The Morgan fingerprint density at radius 1 is 1.00 bits per heavy atom. The fraction of sp³-hybridized carbons (Fsp3) is 0.235. The zero-order valence-electron chi connectivity index (χ0n) is 11.4. The molecule has 2 aromatic rings. The number of hydrogen-bond acceptors (Lipinski definition) is 1. The van der Waals surface area contributed by atoms with Gasteiger partial charge in [0.05, 0.1) is 5.92 Å². The fourth-order valence-corrected chi connectivity index (χ4v) is 2.19. The van der Waals surface area contributed by atoms with Crippen LogP contribution in [0.25, 0.3) is 0 Å². The number of para-hydroxylation sites is 1. The molecule has 19 heavy (non-hydrogen) atoms. The maximum atomic E-state index is 12.6. The maximum absolute atomic E-state index is 12.6. The summed E-state index contributed by atoms with van der Waals surface area (Å²) >= 11 is 0. The number of nitrogens with zero attached hydrogens (tertiary/aromatic N) is 1. The van der Waals surface area contributed by atoms with E-state index in [9.17, 15) is 4.79 Å². The Bertz CT molecular complexity index is 521. The molecular weight excluding hydrogens is 234 g/mol. The number of carbonyl (C=O) groups is 1. The third kappa shape index (κ3) is 3.02. The van der Waals surface area contributed by atoms with Gasteiger partial charge in [0.2, 0.25) is 5.91 Å². The molecule has 1 amide bonds. The average molecular weight is 253 g/mol. The number of amides is 1. The van der Waals surface area contributed by atoms with Crippen molar-refractivity contribution >= 4 is 11.6 Å². The number of benzene rings is 2. The predicted octanol–water partition coefficient (Wildman–Crippen LogP) is 3.84. The first-order valence-electron chi connectivity index (χ1n) is 6.65. The van der Waals surface area contributed by atoms with Gasteiger partial charge in [-0.2, -0.15) is 0 Å². The van der Waals surface area contributed by atoms with Gasteiger partial charge in [-0.1, -0.05) is 48.5 Å². The quantitative estimate of drug-likeness (QED) is 0.810. The summed E-state index contributed by atoms with van der Waals surface area (Å²) in [6.45, 7) is 4.64. The van der Waals surface area contributed by atoms with Crippen LogP contribution < -0.4 is 4.90 Å². The van der Waals surface area contributed by atoms with Crippen molar-refractivity contribution in [2.45, 2.75) is 19.8 Å². The van der Waals surface area contributed by atoms with E-state index >= 15 is 0 Å². The van der Waals surface area contributed by atoms with Gasteiger partial charge in [-0.05, 0) is 31.5 Å². The molecule has 0 radical (unpaired) electrons. The Kier molecular flexibility index (Phi) is 4.35. The first-order valence-corrected chi connectivity index (χ1v) is 6.65. The van der Waals surface area contributed by atoms with E-state index in [0.717, 1.165) is 11.3 Å². The summed E-state index contributed by atoms with van der Waals surface area (Å²) in [5, 5.41) is 0. The molecular formula is C17H19NO. The van der Waals surface area contributed by atoms with Gasteiger partial charge in [0, 0.05) is 12.2 Å². The highest BCUT2D eigenvalue weighted by molar-refractivity contribution is 5.97. The van der Waals surface area contributed by atoms with Crippen molar-refractivity contribution in [1.82, 2.24) is 0 Å². The van der Waals surface area contributed by atoms with E-state index in [-0.39, 0.29) is 11.8 Å². The van der Waals surface area contributed by atoms with E-state index in [1.54, 1.807) is 0 Å². The zero-order valence-corrected chi connectivity index (χ0v) is 11.4. The van der Waals surface area contributed by atoms with Gasteiger partial charge in [0.1, 0.15) is 0 Å². The molecule has 0 aliphatic carbocycles. The van der Waals surface area contributed by atoms with E-state index in [1.807, 2.05) is 79.4 Å². The van der Waals surface area contributed by atoms with Gasteiger partial charge in [-0.15, -0.1) is 0 Å². The highest BCUT2D eigenvalue weighted by atomic mass is 16.2. The minimum absolute atomic E-state index is 0.124. The molecule has 0 unspecified atom stereocenters. The molecule has 0 saturated carbocycles. The normalized spacial score (nSPS) is 11.9. The van der Waals surface area contributed by atoms with Crippen LogP contribution in [-0.2, 0) is 4.79 Å². The molecule has 0 bridgehead atoms. The molecule has 98 valence electrons. The van der Waals surface area contributed by atoms with E-state index in [1.165, 1.54) is 0 Å². The highest BCUT2D eigenvalue weighted by Crippen LogP contribution is 2.22. The van der Waals surface area contributed by atoms with E-state index < -0.39 is 0 Å². The summed E-state index contributed by atoms with van der Waals surface area (Å²) in [6, 6.07) is 19.7. The van der Waals surface area contributed by atoms with E-state index in [4.69, 9.17) is 0 Å². The molecule has 0 saturated heterocycles. The molecule has 0 spiro atoms. The lowest BCUT2D eigenvalue weighted by molar-refractivity contribution is -0.119. The summed E-state index contributed by atoms with van der Waals surface area (Å²) in [7, 11) is 0. The van der Waals surface area contributed by atoms with Crippen LogP contribution in [0.15, 0.2) is 60.7 Å². The van der Waals surface area contributed by atoms with Crippen LogP contribution in [0.3, 0.4) is 0 Å². The number of rotatable bonds is 4. The van der Waals surface area contributed by atoms with Crippen LogP contribution in [0.1, 0.15) is 25.3 Å². The summed E-state index contributed by atoms with van der Waals surface area (Å²) in [6.07, 6.45) is 0. The molecule has 1 atom stereocenters. The Morgan fingerprint density at radius 3 is 2.05 bits per heavy atom. The minimum Gasteiger partial charge on any atom is -0.312 e. The summed E-state index contributed by atoms with van der Waals surface area (Å²) in [5.41, 5.74) is 2.01. The largest absolute Gasteiger partial charge is 0.312 e. The Morgan fingerprint density at radius 2 is 1.53 bits per heavy atom. The summed E-state index contributed by atoms with van der Waals surface area (Å²) in [4.78, 5) is 14.4. The lowest BCUT2D eigenvalue weighted by Crippen LogP contribution is -2.34. The fourth-order valence-electron chi connectivity index (χ4n) is 2.19. The molecule has 0 N–H and O–H groups in total. The molecule has 2 rings (SSSR count).